The lowest BCUT2D eigenvalue weighted by atomic mass is 10.1. The molecular weight excluding hydrogens is 452 g/mol. The average molecular weight is 475 g/mol. The molecule has 1 amide bonds. The third-order valence-corrected chi connectivity index (χ3v) is 7.29. The van der Waals surface area contributed by atoms with Crippen molar-refractivity contribution in [2.24, 2.45) is 0 Å². The molecule has 168 valence electrons. The number of aryl methyl sites for hydroxylation is 1. The minimum atomic E-state index is -3.80. The van der Waals surface area contributed by atoms with Gasteiger partial charge in [0.25, 0.3) is 15.9 Å². The molecule has 0 saturated carbocycles. The summed E-state index contributed by atoms with van der Waals surface area (Å²) in [5, 5.41) is 14.5. The van der Waals surface area contributed by atoms with Crippen molar-refractivity contribution in [2.45, 2.75) is 30.6 Å². The molecule has 3 rings (SSSR count). The molecule has 2 aromatic carbocycles. The summed E-state index contributed by atoms with van der Waals surface area (Å²) in [6.45, 7) is 3.43. The summed E-state index contributed by atoms with van der Waals surface area (Å²) in [6, 6.07) is 14.0. The van der Waals surface area contributed by atoms with Gasteiger partial charge in [-0.25, -0.2) is 13.2 Å². The number of phenolic OH excluding ortho intramolecular Hbond substituents is 1. The number of phenols is 1. The van der Waals surface area contributed by atoms with Crippen LogP contribution in [0.15, 0.2) is 64.2 Å². The summed E-state index contributed by atoms with van der Waals surface area (Å²) < 4.78 is 32.2. The van der Waals surface area contributed by atoms with Crippen LogP contribution in [-0.4, -0.2) is 31.5 Å². The van der Waals surface area contributed by atoms with E-state index < -0.39 is 33.8 Å². The smallest absolute Gasteiger partial charge is 0.342 e. The van der Waals surface area contributed by atoms with Crippen LogP contribution in [0.2, 0.25) is 0 Å². The number of hydrogen-bond acceptors (Lipinski definition) is 7. The van der Waals surface area contributed by atoms with Crippen LogP contribution < -0.4 is 10.0 Å². The molecule has 0 aliphatic rings. The lowest BCUT2D eigenvalue weighted by Crippen LogP contribution is -2.30. The van der Waals surface area contributed by atoms with E-state index in [-0.39, 0.29) is 15.5 Å². The number of thiophene rings is 1. The van der Waals surface area contributed by atoms with Gasteiger partial charge in [0.15, 0.2) is 6.10 Å². The van der Waals surface area contributed by atoms with Crippen molar-refractivity contribution in [3.8, 4) is 5.75 Å². The Morgan fingerprint density at radius 2 is 1.78 bits per heavy atom. The van der Waals surface area contributed by atoms with Crippen LogP contribution in [0.3, 0.4) is 0 Å². The number of aromatic hydroxyl groups is 1. The molecule has 8 nitrogen and oxygen atoms in total. The number of benzene rings is 2. The summed E-state index contributed by atoms with van der Waals surface area (Å²) in [7, 11) is -3.80. The van der Waals surface area contributed by atoms with E-state index in [0.717, 1.165) is 29.4 Å². The topological polar surface area (TPSA) is 122 Å². The monoisotopic (exact) mass is 474 g/mol. The normalized spacial score (nSPS) is 12.1. The number of anilines is 2. The summed E-state index contributed by atoms with van der Waals surface area (Å²) in [4.78, 5) is 24.7. The van der Waals surface area contributed by atoms with E-state index in [0.29, 0.717) is 5.69 Å². The fraction of sp³-hybridized carbons (Fsp3) is 0.182. The van der Waals surface area contributed by atoms with E-state index in [1.54, 1.807) is 23.6 Å². The van der Waals surface area contributed by atoms with E-state index in [4.69, 9.17) is 4.74 Å². The average Bonchev–Trinajstić information content (AvgIpc) is 3.30. The SMILES string of the molecule is CCc1ccc(NC(=O)C(C)OC(=O)c2ccc(NS(=O)(=O)c3cccs3)cc2O)cc1. The lowest BCUT2D eigenvalue weighted by Gasteiger charge is -2.15. The number of carbonyl (C=O) groups excluding carboxylic acids is 2. The highest BCUT2D eigenvalue weighted by Crippen LogP contribution is 2.26. The molecule has 0 radical (unpaired) electrons. The summed E-state index contributed by atoms with van der Waals surface area (Å²) in [5.41, 5.74) is 1.57. The van der Waals surface area contributed by atoms with Gasteiger partial charge in [-0.1, -0.05) is 25.1 Å². The predicted octanol–water partition coefficient (Wildman–Crippen LogP) is 4.00. The molecule has 0 fully saturated rings. The Bertz CT molecular complexity index is 1210. The van der Waals surface area contributed by atoms with Gasteiger partial charge in [-0.3, -0.25) is 9.52 Å². The Kier molecular flexibility index (Phi) is 7.16. The van der Waals surface area contributed by atoms with E-state index in [2.05, 4.69) is 10.0 Å². The zero-order valence-corrected chi connectivity index (χ0v) is 19.0. The number of nitrogens with one attached hydrogen (secondary N) is 2. The zero-order valence-electron chi connectivity index (χ0n) is 17.4. The Labute approximate surface area is 189 Å². The maximum absolute atomic E-state index is 12.4. The third-order valence-electron chi connectivity index (χ3n) is 4.51. The van der Waals surface area contributed by atoms with Crippen molar-refractivity contribution in [3.63, 3.8) is 0 Å². The van der Waals surface area contributed by atoms with Gasteiger partial charge in [-0.15, -0.1) is 11.3 Å². The molecule has 3 N–H and O–H groups in total. The molecule has 0 aliphatic heterocycles. The Balaban J connectivity index is 1.63. The number of rotatable bonds is 8. The van der Waals surface area contributed by atoms with Crippen LogP contribution in [0.1, 0.15) is 29.8 Å². The van der Waals surface area contributed by atoms with Crippen molar-refractivity contribution >= 4 is 44.6 Å². The maximum Gasteiger partial charge on any atom is 0.342 e. The van der Waals surface area contributed by atoms with Crippen molar-refractivity contribution in [1.29, 1.82) is 0 Å². The second-order valence-electron chi connectivity index (χ2n) is 6.86. The molecule has 1 heterocycles. The Morgan fingerprint density at radius 3 is 2.38 bits per heavy atom. The van der Waals surface area contributed by atoms with Crippen LogP contribution in [0.4, 0.5) is 11.4 Å². The first-order valence-electron chi connectivity index (χ1n) is 9.69. The van der Waals surface area contributed by atoms with Crippen molar-refractivity contribution in [3.05, 3.63) is 71.1 Å². The largest absolute Gasteiger partial charge is 0.507 e. The molecule has 0 aliphatic carbocycles. The number of hydrogen-bond donors (Lipinski definition) is 3. The molecule has 1 atom stereocenters. The van der Waals surface area contributed by atoms with Crippen molar-refractivity contribution < 1.29 is 27.9 Å². The second-order valence-corrected chi connectivity index (χ2v) is 9.71. The van der Waals surface area contributed by atoms with Gasteiger partial charge in [-0.05, 0) is 54.6 Å². The molecule has 0 spiro atoms. The zero-order chi connectivity index (χ0) is 23.3. The highest BCUT2D eigenvalue weighted by atomic mass is 32.2. The first-order valence-corrected chi connectivity index (χ1v) is 12.1. The van der Waals surface area contributed by atoms with Gasteiger partial charge in [-0.2, -0.15) is 0 Å². The van der Waals surface area contributed by atoms with E-state index >= 15 is 0 Å². The number of esters is 1. The van der Waals surface area contributed by atoms with E-state index in [1.807, 2.05) is 19.1 Å². The fourth-order valence-electron chi connectivity index (χ4n) is 2.73. The highest BCUT2D eigenvalue weighted by Gasteiger charge is 2.22. The Hall–Kier alpha value is -3.37. The number of sulfonamides is 1. The predicted molar refractivity (Wildman–Crippen MR) is 123 cm³/mol. The van der Waals surface area contributed by atoms with Crippen molar-refractivity contribution in [1.82, 2.24) is 0 Å². The molecular formula is C22H22N2O6S2. The number of carbonyl (C=O) groups is 2. The second kappa shape index (κ2) is 9.84. The minimum Gasteiger partial charge on any atom is -0.507 e. The van der Waals surface area contributed by atoms with Gasteiger partial charge in [0.1, 0.15) is 15.5 Å². The molecule has 0 bridgehead atoms. The summed E-state index contributed by atoms with van der Waals surface area (Å²) in [5.74, 6) is -1.93. The number of ether oxygens (including phenoxy) is 1. The molecule has 10 heteroatoms. The molecule has 32 heavy (non-hydrogen) atoms. The highest BCUT2D eigenvalue weighted by molar-refractivity contribution is 7.94. The van der Waals surface area contributed by atoms with Crippen LogP contribution in [0.25, 0.3) is 0 Å². The first-order chi connectivity index (χ1) is 15.2. The van der Waals surface area contributed by atoms with Crippen LogP contribution in [-0.2, 0) is 26.0 Å². The summed E-state index contributed by atoms with van der Waals surface area (Å²) in [6.07, 6.45) is -0.246. The standard InChI is InChI=1S/C22H22N2O6S2/c1-3-15-6-8-16(9-7-15)23-21(26)14(2)30-22(27)18-11-10-17(13-19(18)25)24-32(28,29)20-5-4-12-31-20/h4-14,24-25H,3H2,1-2H3,(H,23,26). The van der Waals surface area contributed by atoms with Gasteiger partial charge < -0.3 is 15.2 Å². The molecule has 3 aromatic rings. The summed E-state index contributed by atoms with van der Waals surface area (Å²) >= 11 is 1.05. The quantitative estimate of drug-likeness (QED) is 0.424. The molecule has 1 aromatic heterocycles. The minimum absolute atomic E-state index is 0.0776. The molecule has 0 saturated heterocycles. The van der Waals surface area contributed by atoms with Gasteiger partial charge in [0.2, 0.25) is 0 Å². The molecule has 1 unspecified atom stereocenters. The van der Waals surface area contributed by atoms with Gasteiger partial charge in [0, 0.05) is 11.8 Å². The lowest BCUT2D eigenvalue weighted by molar-refractivity contribution is -0.123. The fourth-order valence-corrected chi connectivity index (χ4v) is 4.78. The van der Waals surface area contributed by atoms with E-state index in [9.17, 15) is 23.1 Å². The first kappa shape index (κ1) is 23.3. The van der Waals surface area contributed by atoms with Gasteiger partial charge in [0.05, 0.1) is 5.69 Å². The number of amides is 1. The maximum atomic E-state index is 12.4. The third kappa shape index (κ3) is 5.65. The Morgan fingerprint density at radius 1 is 1.09 bits per heavy atom. The van der Waals surface area contributed by atoms with Crippen LogP contribution in [0.5, 0.6) is 5.75 Å². The van der Waals surface area contributed by atoms with Gasteiger partial charge >= 0.3 is 5.97 Å². The van der Waals surface area contributed by atoms with Crippen molar-refractivity contribution in [2.75, 3.05) is 10.0 Å². The van der Waals surface area contributed by atoms with Crippen LogP contribution >= 0.6 is 11.3 Å². The van der Waals surface area contributed by atoms with Crippen LogP contribution in [0, 0.1) is 0 Å². The van der Waals surface area contributed by atoms with E-state index in [1.165, 1.54) is 25.1 Å².